The van der Waals surface area contributed by atoms with Gasteiger partial charge in [0.2, 0.25) is 5.75 Å². The van der Waals surface area contributed by atoms with Crippen molar-refractivity contribution >= 4 is 48.3 Å². The Kier molecular flexibility index (Phi) is 9.54. The van der Waals surface area contributed by atoms with E-state index in [0.29, 0.717) is 34.4 Å². The fourth-order valence-corrected chi connectivity index (χ4v) is 2.34. The molecule has 0 aliphatic carbocycles. The number of halogens is 2. The average Bonchev–Trinajstić information content (AvgIpc) is 2.61. The molecule has 0 unspecified atom stereocenters. The Bertz CT molecular complexity index is 742. The molecule has 0 saturated carbocycles. The van der Waals surface area contributed by atoms with Crippen molar-refractivity contribution in [1.29, 1.82) is 0 Å². The van der Waals surface area contributed by atoms with Crippen LogP contribution in [0.3, 0.4) is 0 Å². The first kappa shape index (κ1) is 23.6. The second-order valence-electron chi connectivity index (χ2n) is 4.98. The maximum absolute atomic E-state index is 6.06. The Labute approximate surface area is 165 Å². The molecule has 6 nitrogen and oxygen atoms in total. The average molecular weight is 403 g/mol. The van der Waals surface area contributed by atoms with Crippen LogP contribution in [0.1, 0.15) is 11.1 Å². The van der Waals surface area contributed by atoms with Crippen LogP contribution in [0, 0.1) is 0 Å². The molecule has 0 heterocycles. The number of nitrogens with two attached hydrogens (primary N) is 2. The van der Waals surface area contributed by atoms with Gasteiger partial charge in [-0.1, -0.05) is 12.2 Å². The second kappa shape index (κ2) is 10.5. The van der Waals surface area contributed by atoms with Crippen LogP contribution in [-0.4, -0.2) is 28.4 Å². The van der Waals surface area contributed by atoms with E-state index in [2.05, 4.69) is 0 Å². The third-order valence-corrected chi connectivity index (χ3v) is 3.64. The molecule has 0 saturated heterocycles. The molecule has 26 heavy (non-hydrogen) atoms. The standard InChI is InChI=1S/C18H22N2O4.2ClH/c1-21-13-8-7-12(16(19)17(13)20)6-5-11-9-14(22-2)18(24-4)15(10-11)23-3;;/h5-10H,19-20H2,1-4H3;2*1H/b6-5-;;. The fourth-order valence-electron chi connectivity index (χ4n) is 2.34. The van der Waals surface area contributed by atoms with Crippen molar-refractivity contribution in [2.75, 3.05) is 39.9 Å². The number of hydrogen-bond donors (Lipinski definition) is 2. The quantitative estimate of drug-likeness (QED) is 0.562. The minimum Gasteiger partial charge on any atom is -0.495 e. The number of hydrogen-bond acceptors (Lipinski definition) is 6. The molecule has 0 atom stereocenters. The van der Waals surface area contributed by atoms with E-state index in [9.17, 15) is 0 Å². The molecule has 0 amide bonds. The Balaban J connectivity index is 0.00000312. The SMILES string of the molecule is COc1ccc(/C=C\c2cc(OC)c(OC)c(OC)c2)c(N)c1N.Cl.Cl. The van der Waals surface area contributed by atoms with Crippen molar-refractivity contribution in [3.05, 3.63) is 35.4 Å². The molecule has 2 aromatic carbocycles. The van der Waals surface area contributed by atoms with Crippen molar-refractivity contribution in [1.82, 2.24) is 0 Å². The van der Waals surface area contributed by atoms with Gasteiger partial charge < -0.3 is 30.4 Å². The lowest BCUT2D eigenvalue weighted by Gasteiger charge is -2.13. The minimum atomic E-state index is 0. The molecule has 0 fully saturated rings. The van der Waals surface area contributed by atoms with Crippen molar-refractivity contribution < 1.29 is 18.9 Å². The molecule has 8 heteroatoms. The van der Waals surface area contributed by atoms with E-state index in [4.69, 9.17) is 30.4 Å². The van der Waals surface area contributed by atoms with Crippen LogP contribution in [0.5, 0.6) is 23.0 Å². The van der Waals surface area contributed by atoms with Crippen LogP contribution in [0.15, 0.2) is 24.3 Å². The number of rotatable bonds is 6. The second-order valence-corrected chi connectivity index (χ2v) is 4.98. The molecule has 0 radical (unpaired) electrons. The fraction of sp³-hybridized carbons (Fsp3) is 0.222. The summed E-state index contributed by atoms with van der Waals surface area (Å²) in [5, 5.41) is 0. The van der Waals surface area contributed by atoms with E-state index >= 15 is 0 Å². The summed E-state index contributed by atoms with van der Waals surface area (Å²) in [4.78, 5) is 0. The summed E-state index contributed by atoms with van der Waals surface area (Å²) in [6, 6.07) is 7.32. The monoisotopic (exact) mass is 402 g/mol. The van der Waals surface area contributed by atoms with Crippen LogP contribution in [0.4, 0.5) is 11.4 Å². The number of benzene rings is 2. The van der Waals surface area contributed by atoms with E-state index in [-0.39, 0.29) is 24.8 Å². The summed E-state index contributed by atoms with van der Waals surface area (Å²) in [6.07, 6.45) is 3.76. The molecule has 2 aromatic rings. The zero-order valence-electron chi connectivity index (χ0n) is 15.1. The molecule has 0 aliphatic heterocycles. The largest absolute Gasteiger partial charge is 0.495 e. The van der Waals surface area contributed by atoms with Crippen LogP contribution >= 0.6 is 24.8 Å². The van der Waals surface area contributed by atoms with Crippen LogP contribution in [-0.2, 0) is 0 Å². The van der Waals surface area contributed by atoms with Crippen LogP contribution in [0.25, 0.3) is 12.2 Å². The lowest BCUT2D eigenvalue weighted by atomic mass is 10.1. The van der Waals surface area contributed by atoms with Gasteiger partial charge in [-0.2, -0.15) is 0 Å². The highest BCUT2D eigenvalue weighted by Crippen LogP contribution is 2.39. The maximum atomic E-state index is 6.06. The van der Waals surface area contributed by atoms with Gasteiger partial charge in [0.15, 0.2) is 11.5 Å². The first-order valence-corrected chi connectivity index (χ1v) is 7.25. The third-order valence-electron chi connectivity index (χ3n) is 3.64. The normalized spacial score (nSPS) is 9.85. The Morgan fingerprint density at radius 1 is 0.692 bits per heavy atom. The van der Waals surface area contributed by atoms with Crippen molar-refractivity contribution in [2.24, 2.45) is 0 Å². The number of anilines is 2. The van der Waals surface area contributed by atoms with Crippen molar-refractivity contribution in [2.45, 2.75) is 0 Å². The zero-order chi connectivity index (χ0) is 17.7. The van der Waals surface area contributed by atoms with Crippen molar-refractivity contribution in [3.63, 3.8) is 0 Å². The van der Waals surface area contributed by atoms with Gasteiger partial charge in [-0.05, 0) is 35.4 Å². The summed E-state index contributed by atoms with van der Waals surface area (Å²) in [5.74, 6) is 2.26. The van der Waals surface area contributed by atoms with Crippen molar-refractivity contribution in [3.8, 4) is 23.0 Å². The first-order chi connectivity index (χ1) is 11.5. The Morgan fingerprint density at radius 3 is 1.69 bits per heavy atom. The number of ether oxygens (including phenoxy) is 4. The van der Waals surface area contributed by atoms with Crippen LogP contribution in [0.2, 0.25) is 0 Å². The highest BCUT2D eigenvalue weighted by atomic mass is 35.5. The summed E-state index contributed by atoms with van der Waals surface area (Å²) < 4.78 is 21.2. The number of nitrogen functional groups attached to an aromatic ring is 2. The lowest BCUT2D eigenvalue weighted by Crippen LogP contribution is -2.00. The van der Waals surface area contributed by atoms with E-state index in [0.717, 1.165) is 11.1 Å². The van der Waals surface area contributed by atoms with Gasteiger partial charge in [0.05, 0.1) is 39.8 Å². The van der Waals surface area contributed by atoms with Gasteiger partial charge in [-0.3, -0.25) is 0 Å². The highest BCUT2D eigenvalue weighted by Gasteiger charge is 2.12. The molecule has 0 aliphatic rings. The van der Waals surface area contributed by atoms with Gasteiger partial charge in [0.1, 0.15) is 5.75 Å². The van der Waals surface area contributed by atoms with E-state index in [1.54, 1.807) is 34.5 Å². The molecule has 0 spiro atoms. The predicted molar refractivity (Wildman–Crippen MR) is 111 cm³/mol. The highest BCUT2D eigenvalue weighted by molar-refractivity contribution is 5.86. The summed E-state index contributed by atoms with van der Waals surface area (Å²) in [7, 11) is 6.27. The Morgan fingerprint density at radius 2 is 1.23 bits per heavy atom. The summed E-state index contributed by atoms with van der Waals surface area (Å²) in [6.45, 7) is 0. The minimum absolute atomic E-state index is 0. The molecule has 144 valence electrons. The zero-order valence-corrected chi connectivity index (χ0v) is 16.7. The van der Waals surface area contributed by atoms with Gasteiger partial charge in [0.25, 0.3) is 0 Å². The molecule has 4 N–H and O–H groups in total. The predicted octanol–water partition coefficient (Wildman–Crippen LogP) is 3.90. The lowest BCUT2D eigenvalue weighted by molar-refractivity contribution is 0.324. The van der Waals surface area contributed by atoms with Gasteiger partial charge in [0, 0.05) is 0 Å². The molecular weight excluding hydrogens is 379 g/mol. The van der Waals surface area contributed by atoms with Gasteiger partial charge in [-0.25, -0.2) is 0 Å². The summed E-state index contributed by atoms with van der Waals surface area (Å²) in [5.41, 5.74) is 14.6. The molecule has 2 rings (SSSR count). The summed E-state index contributed by atoms with van der Waals surface area (Å²) >= 11 is 0. The molecular formula is C18H24Cl2N2O4. The number of methoxy groups -OCH3 is 4. The smallest absolute Gasteiger partial charge is 0.203 e. The van der Waals surface area contributed by atoms with Gasteiger partial charge in [-0.15, -0.1) is 24.8 Å². The maximum Gasteiger partial charge on any atom is 0.203 e. The topological polar surface area (TPSA) is 89.0 Å². The van der Waals surface area contributed by atoms with Crippen LogP contribution < -0.4 is 30.4 Å². The first-order valence-electron chi connectivity index (χ1n) is 7.25. The van der Waals surface area contributed by atoms with E-state index in [1.807, 2.05) is 30.4 Å². The Hall–Kier alpha value is -2.44. The van der Waals surface area contributed by atoms with Gasteiger partial charge >= 0.3 is 0 Å². The third kappa shape index (κ3) is 4.80. The van der Waals surface area contributed by atoms with E-state index in [1.165, 1.54) is 0 Å². The molecule has 0 aromatic heterocycles. The van der Waals surface area contributed by atoms with E-state index < -0.39 is 0 Å². The molecule has 0 bridgehead atoms.